The normalized spacial score (nSPS) is 0. The summed E-state index contributed by atoms with van der Waals surface area (Å²) in [7, 11) is 0. The van der Waals surface area contributed by atoms with Crippen molar-refractivity contribution in [1.82, 2.24) is 0 Å². The third kappa shape index (κ3) is 9.67. The molecule has 0 aliphatic heterocycles. The second-order valence-electron chi connectivity index (χ2n) is 0. The van der Waals surface area contributed by atoms with Gasteiger partial charge in [0.05, 0.1) is 0 Å². The van der Waals surface area contributed by atoms with Crippen LogP contribution < -0.4 is 0 Å². The van der Waals surface area contributed by atoms with Gasteiger partial charge >= 0.3 is 117 Å². The molecule has 0 heterocycles. The summed E-state index contributed by atoms with van der Waals surface area (Å²) in [5.74, 6) is 0. The fourth-order valence-electron chi connectivity index (χ4n) is 0. The Morgan fingerprint density at radius 3 is 1.25 bits per heavy atom. The van der Waals surface area contributed by atoms with E-state index in [4.69, 9.17) is 0 Å². The van der Waals surface area contributed by atoms with Crippen LogP contribution in [0.3, 0.4) is 0 Å². The maximum Gasteiger partial charge on any atom is 2.00 e. The van der Waals surface area contributed by atoms with E-state index in [1.807, 2.05) is 0 Å². The maximum absolute atomic E-state index is 0. The molecule has 0 radical (unpaired) electrons. The average Bonchev–Trinajstić information content (AvgIpc) is 0. The molecule has 0 rings (SSSR count). The van der Waals surface area contributed by atoms with Crippen LogP contribution in [0.2, 0.25) is 0 Å². The van der Waals surface area contributed by atoms with E-state index < -0.39 is 0 Å². The Morgan fingerprint density at radius 2 is 1.25 bits per heavy atom. The predicted molar refractivity (Wildman–Crippen MR) is 23.9 cm³/mol. The molecule has 0 atom stereocenters. The summed E-state index contributed by atoms with van der Waals surface area (Å²) in [6, 6.07) is 0. The van der Waals surface area contributed by atoms with Crippen molar-refractivity contribution in [3.8, 4) is 0 Å². The SMILES string of the molecule is [Ba+2].[H-].[H-].[H-].[H-].[H-].[H-].[Mg+2].[Sr+2].[Zn]. The minimum Gasteiger partial charge on any atom is -1.00 e. The third-order valence-electron chi connectivity index (χ3n) is 0. The van der Waals surface area contributed by atoms with E-state index in [9.17, 15) is 0 Å². The van der Waals surface area contributed by atoms with Gasteiger partial charge in [0, 0.05) is 19.5 Å². The Hall–Kier alpha value is 4.44. The van der Waals surface area contributed by atoms with Gasteiger partial charge in [-0.25, -0.2) is 0 Å². The van der Waals surface area contributed by atoms with Crippen LogP contribution in [0.4, 0.5) is 0 Å². The van der Waals surface area contributed by atoms with E-state index in [0.29, 0.717) is 0 Å². The van der Waals surface area contributed by atoms with Crippen LogP contribution in [0.1, 0.15) is 8.56 Å². The zero-order valence-corrected chi connectivity index (χ0v) is 15.1. The standard InChI is InChI=1S/Ba.Mg.Sr.Zn.6H/q3*+2;;6*-1. The fourth-order valence-corrected chi connectivity index (χ4v) is 0. The summed E-state index contributed by atoms with van der Waals surface area (Å²) in [4.78, 5) is 0. The van der Waals surface area contributed by atoms with E-state index in [-0.39, 0.29) is 145 Å². The molecule has 0 amide bonds. The van der Waals surface area contributed by atoms with Gasteiger partial charge in [0.2, 0.25) is 0 Å². The first-order valence-corrected chi connectivity index (χ1v) is 0. The van der Waals surface area contributed by atoms with Crippen LogP contribution in [-0.4, -0.2) is 117 Å². The zero-order valence-electron chi connectivity index (χ0n) is 8.83. The number of rotatable bonds is 0. The summed E-state index contributed by atoms with van der Waals surface area (Å²) >= 11 is 0. The van der Waals surface area contributed by atoms with Crippen LogP contribution in [0.25, 0.3) is 0 Å². The van der Waals surface area contributed by atoms with Crippen molar-refractivity contribution in [2.75, 3.05) is 0 Å². The third-order valence-corrected chi connectivity index (χ3v) is 0. The molecule has 0 nitrogen and oxygen atoms in total. The van der Waals surface area contributed by atoms with Crippen LogP contribution in [0, 0.1) is 0 Å². The smallest absolute Gasteiger partial charge is 1.00 e. The molecule has 0 saturated carbocycles. The summed E-state index contributed by atoms with van der Waals surface area (Å²) in [6.07, 6.45) is 0. The molecule has 0 aliphatic rings. The average molecular weight is 321 g/mol. The second-order valence-corrected chi connectivity index (χ2v) is 0. The number of hydrogen-bond donors (Lipinski definition) is 0. The molecule has 0 spiro atoms. The summed E-state index contributed by atoms with van der Waals surface area (Å²) < 4.78 is 0. The Balaban J connectivity index is 0. The van der Waals surface area contributed by atoms with Crippen molar-refractivity contribution in [2.45, 2.75) is 0 Å². The molecule has 0 aromatic heterocycles. The van der Waals surface area contributed by atoms with Gasteiger partial charge in [0.25, 0.3) is 0 Å². The molecule has 14 valence electrons. The van der Waals surface area contributed by atoms with Crippen LogP contribution >= 0.6 is 0 Å². The Kier molecular flexibility index (Phi) is 92.7. The molecule has 0 aromatic carbocycles. The minimum atomic E-state index is 0. The molecule has 0 saturated heterocycles. The first-order chi connectivity index (χ1) is 0. The molecule has 0 aliphatic carbocycles. The summed E-state index contributed by atoms with van der Waals surface area (Å²) in [5.41, 5.74) is 0. The molecule has 0 fully saturated rings. The molecule has 4 heavy (non-hydrogen) atoms. The van der Waals surface area contributed by atoms with Gasteiger partial charge in [0.15, 0.2) is 0 Å². The molecule has 0 unspecified atom stereocenters. The molecule has 0 N–H and O–H groups in total. The van der Waals surface area contributed by atoms with Gasteiger partial charge in [-0.3, -0.25) is 0 Å². The van der Waals surface area contributed by atoms with Crippen LogP contribution in [0.5, 0.6) is 0 Å². The zero-order chi connectivity index (χ0) is 0. The fraction of sp³-hybridized carbons (Fsp3) is 0. The van der Waals surface area contributed by atoms with Crippen molar-refractivity contribution in [2.24, 2.45) is 0 Å². The Labute approximate surface area is 141 Å². The van der Waals surface area contributed by atoms with E-state index >= 15 is 0 Å². The van der Waals surface area contributed by atoms with Crippen molar-refractivity contribution < 1.29 is 28.0 Å². The van der Waals surface area contributed by atoms with Gasteiger partial charge in [0.1, 0.15) is 0 Å². The molecule has 0 aromatic rings. The van der Waals surface area contributed by atoms with Crippen molar-refractivity contribution in [3.63, 3.8) is 0 Å². The maximum atomic E-state index is 0. The minimum absolute atomic E-state index is 0. The van der Waals surface area contributed by atoms with Gasteiger partial charge in [-0.15, -0.1) is 0 Å². The summed E-state index contributed by atoms with van der Waals surface area (Å²) in [6.45, 7) is 0. The van der Waals surface area contributed by atoms with Gasteiger partial charge < -0.3 is 8.56 Å². The largest absolute Gasteiger partial charge is 2.00 e. The Bertz CT molecular complexity index is 17.7. The molecular formula is H6BaMgSrZn. The van der Waals surface area contributed by atoms with Gasteiger partial charge in [-0.1, -0.05) is 0 Å². The second kappa shape index (κ2) is 15.7. The van der Waals surface area contributed by atoms with Gasteiger partial charge in [-0.2, -0.15) is 0 Å². The van der Waals surface area contributed by atoms with E-state index in [1.54, 1.807) is 0 Å². The van der Waals surface area contributed by atoms with Crippen molar-refractivity contribution in [1.29, 1.82) is 0 Å². The van der Waals surface area contributed by atoms with Gasteiger partial charge in [-0.05, 0) is 0 Å². The van der Waals surface area contributed by atoms with E-state index in [0.717, 1.165) is 0 Å². The van der Waals surface area contributed by atoms with E-state index in [1.165, 1.54) is 0 Å². The predicted octanol–water partition coefficient (Wildman–Crippen LogP) is -0.470. The first kappa shape index (κ1) is 23.7. The quantitative estimate of drug-likeness (QED) is 0.530. The number of hydrogen-bond acceptors (Lipinski definition) is 0. The first-order valence-electron chi connectivity index (χ1n) is 0. The van der Waals surface area contributed by atoms with Crippen LogP contribution in [-0.2, 0) is 19.5 Å². The topological polar surface area (TPSA) is 0 Å². The van der Waals surface area contributed by atoms with Crippen molar-refractivity contribution in [3.05, 3.63) is 0 Å². The monoisotopic (exact) mass is 320 g/mol. The molecule has 4 heteroatoms. The molecular weight excluding hydrogens is 315 g/mol. The molecule has 0 bridgehead atoms. The van der Waals surface area contributed by atoms with Crippen molar-refractivity contribution >= 4 is 117 Å². The summed E-state index contributed by atoms with van der Waals surface area (Å²) in [5, 5.41) is 0. The van der Waals surface area contributed by atoms with Crippen LogP contribution in [0.15, 0.2) is 0 Å². The Morgan fingerprint density at radius 1 is 1.25 bits per heavy atom. The van der Waals surface area contributed by atoms with E-state index in [2.05, 4.69) is 0 Å².